The summed E-state index contributed by atoms with van der Waals surface area (Å²) >= 11 is 0. The zero-order valence-corrected chi connectivity index (χ0v) is 44.3. The van der Waals surface area contributed by atoms with Crippen molar-refractivity contribution in [3.8, 4) is 0 Å². The Balaban J connectivity index is 0.00000184. The van der Waals surface area contributed by atoms with Crippen LogP contribution in [0, 0.1) is 0 Å². The molecule has 4 aliphatic rings. The predicted molar refractivity (Wildman–Crippen MR) is 297 cm³/mol. The fourth-order valence-electron chi connectivity index (χ4n) is 10.7. The number of para-hydroxylation sites is 1. The van der Waals surface area contributed by atoms with Gasteiger partial charge in [-0.15, -0.1) is 0 Å². The van der Waals surface area contributed by atoms with E-state index in [9.17, 15) is 47.9 Å². The van der Waals surface area contributed by atoms with Gasteiger partial charge in [0.05, 0.1) is 61.6 Å². The van der Waals surface area contributed by atoms with Crippen LogP contribution < -0.4 is 14.7 Å². The van der Waals surface area contributed by atoms with Gasteiger partial charge in [0.1, 0.15) is 5.41 Å². The van der Waals surface area contributed by atoms with Crippen LogP contribution in [0.5, 0.6) is 0 Å². The van der Waals surface area contributed by atoms with Gasteiger partial charge in [-0.3, -0.25) is 52.8 Å². The van der Waals surface area contributed by atoms with E-state index >= 15 is 13.2 Å². The number of hydrogen-bond donors (Lipinski definition) is 0. The molecule has 0 radical (unpaired) electrons. The van der Waals surface area contributed by atoms with Gasteiger partial charge in [-0.25, -0.2) is 14.7 Å². The van der Waals surface area contributed by atoms with Crippen molar-refractivity contribution in [2.24, 2.45) is 0 Å². The molecule has 8 amide bonds. The number of ketones is 2. The lowest BCUT2D eigenvalue weighted by Crippen LogP contribution is -2.44. The summed E-state index contributed by atoms with van der Waals surface area (Å²) in [5, 5.41) is 0. The van der Waals surface area contributed by atoms with Gasteiger partial charge < -0.3 is 0 Å². The summed E-state index contributed by atoms with van der Waals surface area (Å²) in [7, 11) is 1.31. The number of nitrogens with zero attached hydrogens (tertiary/aromatic N) is 4. The van der Waals surface area contributed by atoms with Crippen LogP contribution in [0.4, 0.5) is 30.2 Å². The van der Waals surface area contributed by atoms with Gasteiger partial charge in [-0.1, -0.05) is 125 Å². The monoisotopic (exact) mass is 1100 g/mol. The van der Waals surface area contributed by atoms with Crippen LogP contribution >= 0.6 is 0 Å². The minimum absolute atomic E-state index is 0.00543. The molecule has 82 heavy (non-hydrogen) atoms. The molecule has 0 saturated heterocycles. The first-order valence-corrected chi connectivity index (χ1v) is 25.9. The molecular weight excluding hydrogens is 1050 g/mol. The third kappa shape index (κ3) is 8.43. The molecule has 0 N–H and O–H groups in total. The summed E-state index contributed by atoms with van der Waals surface area (Å²) in [6.07, 6.45) is -5.07. The molecule has 406 valence electrons. The van der Waals surface area contributed by atoms with Crippen LogP contribution in [0.2, 0.25) is 0 Å². The van der Waals surface area contributed by atoms with Crippen molar-refractivity contribution >= 4 is 75.9 Å². The van der Waals surface area contributed by atoms with Crippen LogP contribution in [0.3, 0.4) is 0 Å². The van der Waals surface area contributed by atoms with Crippen molar-refractivity contribution in [1.29, 1.82) is 0 Å². The molecule has 1 unspecified atom stereocenters. The number of fused-ring (bicyclic) bond motifs is 4. The maximum atomic E-state index is 16.2. The molecule has 0 saturated carbocycles. The Morgan fingerprint density at radius 1 is 0.317 bits per heavy atom. The highest BCUT2D eigenvalue weighted by atomic mass is 19.4. The van der Waals surface area contributed by atoms with Crippen molar-refractivity contribution in [3.05, 3.63) is 265 Å². The fourth-order valence-corrected chi connectivity index (χ4v) is 10.7. The Morgan fingerprint density at radius 3 is 0.902 bits per heavy atom. The number of imide groups is 4. The average molecular weight is 1100 g/mol. The molecule has 17 heteroatoms. The predicted octanol–water partition coefficient (Wildman–Crippen LogP) is 11.7. The molecule has 4 aliphatic heterocycles. The third-order valence-electron chi connectivity index (χ3n) is 14.6. The smallest absolute Gasteiger partial charge is 0.289 e. The Kier molecular flexibility index (Phi) is 14.0. The zero-order valence-electron chi connectivity index (χ0n) is 44.3. The summed E-state index contributed by atoms with van der Waals surface area (Å²) in [5.74, 6) is -6.82. The van der Waals surface area contributed by atoms with E-state index in [1.54, 1.807) is 36.4 Å². The lowest BCUT2D eigenvalue weighted by molar-refractivity contribution is -0.166. The standard InChI is InChI=1S/C61H33F3N4O10.2C2H6/c1-65-52(71)42-24-12-32(28-46(42)53(65)72)50(69)33-14-26-44-48(30-33)58(77)67(55(44)74)40-20-16-37(17-21-40)60(61(62,63)64,36-8-4-2-5-9-36)38-18-22-41(23-19-38)68-56(75)45-27-15-35(31-49(45)59(68)78)51(70)34-13-25-43-47(29-34)57(76)66(54(43)73)39-10-6-3-7-11-39;2*1-2/h2-31H,1H3;2*1-2H3. The quantitative estimate of drug-likeness (QED) is 0.0725. The van der Waals surface area contributed by atoms with E-state index in [1.165, 1.54) is 128 Å². The fraction of sp³-hybridized carbons (Fsp3) is 0.108. The van der Waals surface area contributed by atoms with E-state index in [0.29, 0.717) is 5.69 Å². The zero-order chi connectivity index (χ0) is 58.7. The molecule has 8 aromatic carbocycles. The lowest BCUT2D eigenvalue weighted by atomic mass is 9.68. The van der Waals surface area contributed by atoms with E-state index in [0.717, 1.165) is 43.9 Å². The van der Waals surface area contributed by atoms with E-state index in [4.69, 9.17) is 0 Å². The highest BCUT2D eigenvalue weighted by Gasteiger charge is 2.58. The SMILES string of the molecule is CC.CC.CN1C(=O)c2ccc(C(=O)c3ccc4c(c3)C(=O)N(c3ccc(C(c5ccccc5)(c5ccc(N6C(=O)c7ccc(C(=O)c8ccc9c(c8)C(=O)N(c8ccccc8)C9=O)cc7C6=O)cc5)C(F)(F)F)cc3)C4=O)cc2C1=O. The molecule has 0 bridgehead atoms. The van der Waals surface area contributed by atoms with E-state index in [-0.39, 0.29) is 94.8 Å². The van der Waals surface area contributed by atoms with Crippen LogP contribution in [0.1, 0.15) is 159 Å². The molecule has 8 aromatic rings. The van der Waals surface area contributed by atoms with Crippen molar-refractivity contribution in [2.75, 3.05) is 21.7 Å². The second-order valence-electron chi connectivity index (χ2n) is 18.7. The number of anilines is 3. The highest BCUT2D eigenvalue weighted by molar-refractivity contribution is 6.37. The van der Waals surface area contributed by atoms with Crippen LogP contribution in [-0.4, -0.2) is 76.9 Å². The van der Waals surface area contributed by atoms with E-state index in [2.05, 4.69) is 0 Å². The summed E-state index contributed by atoms with van der Waals surface area (Å²) in [5.41, 5.74) is -3.69. The topological polar surface area (TPSA) is 184 Å². The van der Waals surface area contributed by atoms with Gasteiger partial charge >= 0.3 is 6.18 Å². The van der Waals surface area contributed by atoms with Crippen LogP contribution in [0.25, 0.3) is 0 Å². The Morgan fingerprint density at radius 2 is 0.573 bits per heavy atom. The van der Waals surface area contributed by atoms with Crippen molar-refractivity contribution < 1.29 is 61.1 Å². The van der Waals surface area contributed by atoms with Gasteiger partial charge in [0.25, 0.3) is 47.3 Å². The number of carbonyl (C=O) groups excluding carboxylic acids is 10. The van der Waals surface area contributed by atoms with E-state index < -0.39 is 70.4 Å². The molecule has 0 aliphatic carbocycles. The third-order valence-corrected chi connectivity index (χ3v) is 14.6. The number of alkyl halides is 3. The number of carbonyl (C=O) groups is 10. The molecule has 1 atom stereocenters. The number of hydrogen-bond acceptors (Lipinski definition) is 10. The maximum absolute atomic E-state index is 16.2. The summed E-state index contributed by atoms with van der Waals surface area (Å²) in [6.45, 7) is 8.00. The van der Waals surface area contributed by atoms with Gasteiger partial charge in [-0.05, 0) is 102 Å². The number of halogens is 3. The highest BCUT2D eigenvalue weighted by Crippen LogP contribution is 2.52. The number of benzene rings is 8. The van der Waals surface area contributed by atoms with Crippen LogP contribution in [-0.2, 0) is 5.41 Å². The minimum atomic E-state index is -5.07. The first kappa shape index (κ1) is 54.8. The van der Waals surface area contributed by atoms with Crippen molar-refractivity contribution in [2.45, 2.75) is 39.3 Å². The molecule has 4 heterocycles. The van der Waals surface area contributed by atoms with Crippen LogP contribution in [0.15, 0.2) is 182 Å². The summed E-state index contributed by atoms with van der Waals surface area (Å²) < 4.78 is 48.7. The summed E-state index contributed by atoms with van der Waals surface area (Å²) in [6, 6.07) is 40.4. The molecule has 0 aromatic heterocycles. The Hall–Kier alpha value is -10.6. The first-order valence-electron chi connectivity index (χ1n) is 25.9. The van der Waals surface area contributed by atoms with Gasteiger partial charge in [-0.2, -0.15) is 13.2 Å². The largest absolute Gasteiger partial charge is 0.406 e. The molecule has 14 nitrogen and oxygen atoms in total. The molecular formula is C65H45F3N4O10. The number of amides is 8. The van der Waals surface area contributed by atoms with Crippen molar-refractivity contribution in [1.82, 2.24) is 4.90 Å². The van der Waals surface area contributed by atoms with E-state index in [1.807, 2.05) is 27.7 Å². The second kappa shape index (κ2) is 20.9. The molecule has 0 spiro atoms. The lowest BCUT2D eigenvalue weighted by Gasteiger charge is -2.38. The van der Waals surface area contributed by atoms with Gasteiger partial charge in [0.15, 0.2) is 11.6 Å². The number of rotatable bonds is 10. The Bertz CT molecular complexity index is 4090. The Labute approximate surface area is 466 Å². The van der Waals surface area contributed by atoms with Crippen molar-refractivity contribution in [3.63, 3.8) is 0 Å². The van der Waals surface area contributed by atoms with Gasteiger partial charge in [0.2, 0.25) is 0 Å². The average Bonchev–Trinajstić information content (AvgIpc) is 3.21. The molecule has 0 fully saturated rings. The van der Waals surface area contributed by atoms with Gasteiger partial charge in [0, 0.05) is 29.3 Å². The maximum Gasteiger partial charge on any atom is 0.406 e. The summed E-state index contributed by atoms with van der Waals surface area (Å²) in [4.78, 5) is 138. The normalized spacial score (nSPS) is 14.9. The first-order chi connectivity index (χ1) is 39.4. The second-order valence-corrected chi connectivity index (χ2v) is 18.7. The molecule has 12 rings (SSSR count). The minimum Gasteiger partial charge on any atom is -0.289 e.